The lowest BCUT2D eigenvalue weighted by molar-refractivity contribution is 0.0696. The third-order valence-corrected chi connectivity index (χ3v) is 3.85. The summed E-state index contributed by atoms with van der Waals surface area (Å²) in [5.41, 5.74) is 7.53. The molecular weight excluding hydrogens is 342 g/mol. The van der Waals surface area contributed by atoms with Gasteiger partial charge in [0.05, 0.1) is 21.8 Å². The predicted octanol–water partition coefficient (Wildman–Crippen LogP) is 3.32. The Kier molecular flexibility index (Phi) is 4.61. The zero-order valence-electron chi connectivity index (χ0n) is 10.1. The van der Waals surface area contributed by atoms with Gasteiger partial charge in [-0.15, -0.1) is 11.3 Å². The molecule has 0 atom stereocenters. The minimum atomic E-state index is -1.37. The van der Waals surface area contributed by atoms with E-state index in [1.54, 1.807) is 5.38 Å². The highest BCUT2D eigenvalue weighted by atomic mass is 35.5. The number of hydrogen-bond donors (Lipinski definition) is 3. The van der Waals surface area contributed by atoms with E-state index in [-0.39, 0.29) is 15.6 Å². The number of nitrogens with one attached hydrogen (secondary N) is 1. The van der Waals surface area contributed by atoms with E-state index in [1.165, 1.54) is 11.3 Å². The van der Waals surface area contributed by atoms with Gasteiger partial charge in [0.1, 0.15) is 11.6 Å². The van der Waals surface area contributed by atoms with Crippen LogP contribution in [0.1, 0.15) is 15.9 Å². The molecule has 4 N–H and O–H groups in total. The van der Waals surface area contributed by atoms with Crippen molar-refractivity contribution in [1.82, 2.24) is 4.98 Å². The van der Waals surface area contributed by atoms with Gasteiger partial charge in [-0.25, -0.2) is 14.2 Å². The summed E-state index contributed by atoms with van der Waals surface area (Å²) < 4.78 is 13.6. The van der Waals surface area contributed by atoms with Crippen molar-refractivity contribution in [3.63, 3.8) is 0 Å². The third kappa shape index (κ3) is 3.41. The molecule has 1 aromatic carbocycles. The van der Waals surface area contributed by atoms with Gasteiger partial charge >= 0.3 is 5.97 Å². The summed E-state index contributed by atoms with van der Waals surface area (Å²) in [5.74, 6) is -1.95. The minimum absolute atomic E-state index is 0.0484. The molecule has 0 bridgehead atoms. The Hall–Kier alpha value is -1.90. The van der Waals surface area contributed by atoms with Crippen LogP contribution in [-0.4, -0.2) is 22.3 Å². The van der Waals surface area contributed by atoms with E-state index >= 15 is 0 Å². The lowest BCUT2D eigenvalue weighted by Gasteiger charge is -2.06. The molecule has 0 aliphatic rings. The van der Waals surface area contributed by atoms with E-state index in [0.717, 1.165) is 12.3 Å². The van der Waals surface area contributed by atoms with Gasteiger partial charge in [0.25, 0.3) is 0 Å². The lowest BCUT2D eigenvalue weighted by atomic mass is 10.1. The maximum Gasteiger partial charge on any atom is 0.337 e. The van der Waals surface area contributed by atoms with E-state index in [2.05, 4.69) is 15.5 Å². The molecule has 0 radical (unpaired) electrons. The SMILES string of the molecule is Nc1csc(NN=Cc2c(Cl)c(F)cc(C(=O)O)c2Cl)n1. The van der Waals surface area contributed by atoms with Crippen LogP contribution in [0.2, 0.25) is 10.0 Å². The smallest absolute Gasteiger partial charge is 0.337 e. The molecule has 0 fully saturated rings. The van der Waals surface area contributed by atoms with Crippen molar-refractivity contribution < 1.29 is 14.3 Å². The van der Waals surface area contributed by atoms with Crippen LogP contribution in [0.25, 0.3) is 0 Å². The van der Waals surface area contributed by atoms with Crippen LogP contribution < -0.4 is 11.2 Å². The van der Waals surface area contributed by atoms with Crippen LogP contribution in [0.4, 0.5) is 15.3 Å². The van der Waals surface area contributed by atoms with E-state index in [4.69, 9.17) is 34.0 Å². The van der Waals surface area contributed by atoms with Gasteiger partial charge in [0.2, 0.25) is 5.13 Å². The fourth-order valence-electron chi connectivity index (χ4n) is 1.38. The van der Waals surface area contributed by atoms with Crippen LogP contribution >= 0.6 is 34.5 Å². The number of carbonyl (C=O) groups is 1. The molecule has 1 heterocycles. The Bertz CT molecular complexity index is 735. The fraction of sp³-hybridized carbons (Fsp3) is 0. The number of aromatic carboxylic acids is 1. The molecule has 0 amide bonds. The number of carboxylic acids is 1. The number of carboxylic acid groups (broad SMARTS) is 1. The second-order valence-electron chi connectivity index (χ2n) is 3.70. The molecule has 21 heavy (non-hydrogen) atoms. The molecule has 0 saturated carbocycles. The largest absolute Gasteiger partial charge is 0.478 e. The average Bonchev–Trinajstić information content (AvgIpc) is 2.83. The zero-order chi connectivity index (χ0) is 15.6. The Morgan fingerprint density at radius 3 is 2.81 bits per heavy atom. The summed E-state index contributed by atoms with van der Waals surface area (Å²) in [6.07, 6.45) is 1.11. The second-order valence-corrected chi connectivity index (χ2v) is 5.31. The van der Waals surface area contributed by atoms with Crippen LogP contribution in [0.5, 0.6) is 0 Å². The van der Waals surface area contributed by atoms with E-state index in [9.17, 15) is 9.18 Å². The summed E-state index contributed by atoms with van der Waals surface area (Å²) in [6, 6.07) is 0.749. The number of halogens is 3. The van der Waals surface area contributed by atoms with Crippen LogP contribution in [0.15, 0.2) is 16.5 Å². The summed E-state index contributed by atoms with van der Waals surface area (Å²) in [6.45, 7) is 0. The molecule has 110 valence electrons. The molecule has 2 aromatic rings. The number of hydrogen-bond acceptors (Lipinski definition) is 6. The fourth-order valence-corrected chi connectivity index (χ4v) is 2.46. The average molecular weight is 349 g/mol. The number of rotatable bonds is 4. The molecule has 0 unspecified atom stereocenters. The van der Waals surface area contributed by atoms with E-state index in [1.807, 2.05) is 0 Å². The zero-order valence-corrected chi connectivity index (χ0v) is 12.4. The number of nitrogens with two attached hydrogens (primary N) is 1. The molecule has 1 aromatic heterocycles. The summed E-state index contributed by atoms with van der Waals surface area (Å²) in [7, 11) is 0. The van der Waals surface area contributed by atoms with Crippen molar-refractivity contribution in [2.45, 2.75) is 0 Å². The van der Waals surface area contributed by atoms with Crippen molar-refractivity contribution in [1.29, 1.82) is 0 Å². The van der Waals surface area contributed by atoms with Crippen molar-refractivity contribution in [2.24, 2.45) is 5.10 Å². The highest BCUT2D eigenvalue weighted by molar-refractivity contribution is 7.14. The van der Waals surface area contributed by atoms with Gasteiger partial charge < -0.3 is 10.8 Å². The first kappa shape index (κ1) is 15.5. The van der Waals surface area contributed by atoms with Gasteiger partial charge in [-0.2, -0.15) is 5.10 Å². The van der Waals surface area contributed by atoms with Gasteiger partial charge in [0.15, 0.2) is 0 Å². The van der Waals surface area contributed by atoms with Crippen LogP contribution in [0, 0.1) is 5.82 Å². The summed E-state index contributed by atoms with van der Waals surface area (Å²) in [5, 5.41) is 14.2. The lowest BCUT2D eigenvalue weighted by Crippen LogP contribution is -2.03. The van der Waals surface area contributed by atoms with Crippen molar-refractivity contribution >= 4 is 57.7 Å². The van der Waals surface area contributed by atoms with Crippen LogP contribution in [0.3, 0.4) is 0 Å². The first-order valence-electron chi connectivity index (χ1n) is 5.31. The summed E-state index contributed by atoms with van der Waals surface area (Å²) >= 11 is 12.8. The maximum atomic E-state index is 13.6. The standard InChI is InChI=1S/C11H7Cl2FN4O2S/c12-8-4(10(19)20)1-6(14)9(13)5(8)2-16-18-11-17-7(15)3-21-11/h1-3H,15H2,(H,17,18)(H,19,20). The minimum Gasteiger partial charge on any atom is -0.478 e. The Labute approximate surface area is 132 Å². The first-order valence-corrected chi connectivity index (χ1v) is 6.94. The second kappa shape index (κ2) is 6.25. The third-order valence-electron chi connectivity index (χ3n) is 2.30. The number of nitrogen functional groups attached to an aromatic ring is 1. The number of aromatic nitrogens is 1. The number of hydrazone groups is 1. The Morgan fingerprint density at radius 1 is 1.52 bits per heavy atom. The van der Waals surface area contributed by atoms with Crippen LogP contribution in [-0.2, 0) is 0 Å². The molecular formula is C11H7Cl2FN4O2S. The number of thiazole rings is 1. The van der Waals surface area contributed by atoms with Gasteiger partial charge in [-0.3, -0.25) is 5.43 Å². The highest BCUT2D eigenvalue weighted by Crippen LogP contribution is 2.29. The van der Waals surface area contributed by atoms with Gasteiger partial charge in [0, 0.05) is 10.9 Å². The van der Waals surface area contributed by atoms with Gasteiger partial charge in [-0.1, -0.05) is 23.2 Å². The van der Waals surface area contributed by atoms with Crippen molar-refractivity contribution in [3.05, 3.63) is 38.4 Å². The monoisotopic (exact) mass is 348 g/mol. The molecule has 10 heteroatoms. The first-order chi connectivity index (χ1) is 9.90. The predicted molar refractivity (Wildman–Crippen MR) is 81.1 cm³/mol. The number of benzene rings is 1. The molecule has 0 spiro atoms. The van der Waals surface area contributed by atoms with E-state index < -0.39 is 17.3 Å². The Balaban J connectivity index is 2.32. The van der Waals surface area contributed by atoms with Gasteiger partial charge in [-0.05, 0) is 6.07 Å². The maximum absolute atomic E-state index is 13.6. The molecule has 6 nitrogen and oxygen atoms in total. The summed E-state index contributed by atoms with van der Waals surface area (Å²) in [4.78, 5) is 14.8. The molecule has 2 rings (SSSR count). The highest BCUT2D eigenvalue weighted by Gasteiger charge is 2.18. The number of nitrogens with zero attached hydrogens (tertiary/aromatic N) is 2. The number of anilines is 2. The van der Waals surface area contributed by atoms with Crippen molar-refractivity contribution in [3.8, 4) is 0 Å². The Morgan fingerprint density at radius 2 is 2.24 bits per heavy atom. The normalized spacial score (nSPS) is 11.0. The molecule has 0 aliphatic heterocycles. The topological polar surface area (TPSA) is 101 Å². The van der Waals surface area contributed by atoms with Crippen molar-refractivity contribution in [2.75, 3.05) is 11.2 Å². The molecule has 0 aliphatic carbocycles. The van der Waals surface area contributed by atoms with E-state index in [0.29, 0.717) is 10.9 Å². The molecule has 0 saturated heterocycles. The quantitative estimate of drug-likeness (QED) is 0.447.